The first-order valence-electron chi connectivity index (χ1n) is 10.9. The summed E-state index contributed by atoms with van der Waals surface area (Å²) in [6.45, 7) is 15.4. The molecular formula is C25H38N2O. The third kappa shape index (κ3) is 5.05. The van der Waals surface area contributed by atoms with E-state index < -0.39 is 0 Å². The summed E-state index contributed by atoms with van der Waals surface area (Å²) in [7, 11) is 0. The fraction of sp³-hybridized carbons (Fsp3) is 0.640. The van der Waals surface area contributed by atoms with Gasteiger partial charge in [0.1, 0.15) is 0 Å². The smallest absolute Gasteiger partial charge is 0.0751 e. The van der Waals surface area contributed by atoms with E-state index in [1.807, 2.05) is 0 Å². The van der Waals surface area contributed by atoms with Gasteiger partial charge in [0.25, 0.3) is 0 Å². The summed E-state index contributed by atoms with van der Waals surface area (Å²) in [5, 5.41) is 4.79. The van der Waals surface area contributed by atoms with E-state index in [2.05, 4.69) is 78.2 Å². The van der Waals surface area contributed by atoms with Crippen LogP contribution in [0.3, 0.4) is 0 Å². The Bertz CT molecular complexity index is 744. The van der Waals surface area contributed by atoms with Crippen LogP contribution in [0.15, 0.2) is 40.6 Å². The van der Waals surface area contributed by atoms with Crippen LogP contribution >= 0.6 is 0 Å². The molecule has 1 heterocycles. The van der Waals surface area contributed by atoms with Crippen molar-refractivity contribution in [3.8, 4) is 0 Å². The second-order valence-electron chi connectivity index (χ2n) is 10.5. The second-order valence-corrected chi connectivity index (χ2v) is 10.5. The minimum Gasteiger partial charge on any atom is -0.373 e. The predicted octanol–water partition coefficient (Wildman–Crippen LogP) is 6.33. The first-order valence-corrected chi connectivity index (χ1v) is 10.9. The lowest BCUT2D eigenvalue weighted by molar-refractivity contribution is -0.0679. The van der Waals surface area contributed by atoms with Crippen molar-refractivity contribution in [1.82, 2.24) is 5.43 Å². The molecule has 0 spiro atoms. The van der Waals surface area contributed by atoms with Gasteiger partial charge in [-0.25, -0.2) is 0 Å². The monoisotopic (exact) mass is 382 g/mol. The van der Waals surface area contributed by atoms with Gasteiger partial charge in [-0.05, 0) is 81.9 Å². The molecule has 28 heavy (non-hydrogen) atoms. The van der Waals surface area contributed by atoms with Gasteiger partial charge in [-0.2, -0.15) is 5.10 Å². The molecule has 1 saturated carbocycles. The van der Waals surface area contributed by atoms with E-state index in [-0.39, 0.29) is 11.0 Å². The maximum absolute atomic E-state index is 6.31. The molecule has 0 saturated heterocycles. The number of allylic oxidation sites excluding steroid dienone is 2. The third-order valence-corrected chi connectivity index (χ3v) is 5.90. The van der Waals surface area contributed by atoms with Crippen molar-refractivity contribution in [3.63, 3.8) is 0 Å². The zero-order valence-corrected chi connectivity index (χ0v) is 18.9. The average Bonchev–Trinajstić information content (AvgIpc) is 2.57. The van der Waals surface area contributed by atoms with Gasteiger partial charge in [-0.15, -0.1) is 0 Å². The molecular weight excluding hydrogens is 344 g/mol. The fourth-order valence-corrected chi connectivity index (χ4v) is 4.43. The molecule has 3 heteroatoms. The van der Waals surface area contributed by atoms with E-state index in [0.717, 1.165) is 25.7 Å². The van der Waals surface area contributed by atoms with Gasteiger partial charge in [0.2, 0.25) is 0 Å². The Labute approximate surface area is 171 Å². The topological polar surface area (TPSA) is 33.6 Å². The van der Waals surface area contributed by atoms with E-state index in [0.29, 0.717) is 12.0 Å². The van der Waals surface area contributed by atoms with Gasteiger partial charge < -0.3 is 4.74 Å². The molecule has 2 unspecified atom stereocenters. The van der Waals surface area contributed by atoms with E-state index in [4.69, 9.17) is 9.84 Å². The van der Waals surface area contributed by atoms with Gasteiger partial charge in [-0.1, -0.05) is 45.0 Å². The number of hydrazone groups is 1. The maximum Gasteiger partial charge on any atom is 0.0751 e. The van der Waals surface area contributed by atoms with E-state index in [1.54, 1.807) is 0 Å². The molecule has 0 amide bonds. The van der Waals surface area contributed by atoms with Gasteiger partial charge >= 0.3 is 0 Å². The summed E-state index contributed by atoms with van der Waals surface area (Å²) >= 11 is 0. The molecule has 1 fully saturated rings. The number of hydrogen-bond acceptors (Lipinski definition) is 3. The number of ether oxygens (including phenoxy) is 1. The highest BCUT2D eigenvalue weighted by molar-refractivity contribution is 6.04. The molecule has 0 aromatic heterocycles. The van der Waals surface area contributed by atoms with Crippen LogP contribution in [0.25, 0.3) is 0 Å². The zero-order valence-electron chi connectivity index (χ0n) is 18.9. The molecule has 1 aromatic carbocycles. The number of hydrogen-bond donors (Lipinski definition) is 1. The van der Waals surface area contributed by atoms with Crippen molar-refractivity contribution in [2.75, 3.05) is 0 Å². The lowest BCUT2D eigenvalue weighted by Crippen LogP contribution is -2.33. The summed E-state index contributed by atoms with van der Waals surface area (Å²) in [5.74, 6) is 0.428. The van der Waals surface area contributed by atoms with E-state index in [1.165, 1.54) is 34.5 Å². The molecule has 2 aliphatic rings. The SMILES string of the molecule is CC1=C2CCC(OC(C)(C)C)CCCC2C(c2ccc(C(C)(C)C)cc2)=NN1. The molecule has 0 bridgehead atoms. The summed E-state index contributed by atoms with van der Waals surface area (Å²) in [6, 6.07) is 9.03. The Morgan fingerprint density at radius 3 is 2.25 bits per heavy atom. The highest BCUT2D eigenvalue weighted by atomic mass is 16.5. The van der Waals surface area contributed by atoms with Gasteiger partial charge in [-0.3, -0.25) is 5.43 Å². The quantitative estimate of drug-likeness (QED) is 0.648. The van der Waals surface area contributed by atoms with Crippen LogP contribution in [0.4, 0.5) is 0 Å². The molecule has 1 aromatic rings. The Hall–Kier alpha value is -1.61. The molecule has 1 aliphatic carbocycles. The van der Waals surface area contributed by atoms with Crippen LogP contribution in [0.5, 0.6) is 0 Å². The standard InChI is InChI=1S/C25H38N2O/c1-17-21-16-15-20(28-25(5,6)7)9-8-10-22(21)23(27-26-17)18-11-13-19(14-12-18)24(2,3)4/h11-14,20,22,26H,8-10,15-16H2,1-7H3. The minimum atomic E-state index is -0.0705. The van der Waals surface area contributed by atoms with Crippen LogP contribution < -0.4 is 5.43 Å². The number of benzene rings is 1. The Morgan fingerprint density at radius 2 is 1.64 bits per heavy atom. The average molecular weight is 383 g/mol. The molecule has 1 aliphatic heterocycles. The lowest BCUT2D eigenvalue weighted by atomic mass is 9.78. The van der Waals surface area contributed by atoms with Crippen molar-refractivity contribution < 1.29 is 4.74 Å². The zero-order chi connectivity index (χ0) is 20.5. The van der Waals surface area contributed by atoms with Crippen molar-refractivity contribution in [2.24, 2.45) is 11.0 Å². The van der Waals surface area contributed by atoms with Gasteiger partial charge in [0, 0.05) is 11.6 Å². The van der Waals surface area contributed by atoms with Gasteiger partial charge in [0.15, 0.2) is 0 Å². The van der Waals surface area contributed by atoms with Gasteiger partial charge in [0.05, 0.1) is 17.4 Å². The number of nitrogens with zero attached hydrogens (tertiary/aromatic N) is 1. The Balaban J connectivity index is 1.79. The lowest BCUT2D eigenvalue weighted by Gasteiger charge is -2.34. The first-order chi connectivity index (χ1) is 13.0. The Morgan fingerprint density at radius 1 is 0.964 bits per heavy atom. The molecule has 0 radical (unpaired) electrons. The summed E-state index contributed by atoms with van der Waals surface area (Å²) in [6.07, 6.45) is 6.01. The summed E-state index contributed by atoms with van der Waals surface area (Å²) < 4.78 is 6.31. The first kappa shape index (κ1) is 21.1. The van der Waals surface area contributed by atoms with Crippen LogP contribution in [0, 0.1) is 5.92 Å². The van der Waals surface area contributed by atoms with Crippen LogP contribution in [-0.2, 0) is 10.2 Å². The summed E-state index contributed by atoms with van der Waals surface area (Å²) in [4.78, 5) is 0. The highest BCUT2D eigenvalue weighted by Gasteiger charge is 2.31. The largest absolute Gasteiger partial charge is 0.373 e. The van der Waals surface area contributed by atoms with Crippen LogP contribution in [0.1, 0.15) is 91.7 Å². The normalized spacial score (nSPS) is 24.0. The Kier molecular flexibility index (Phi) is 6.05. The number of nitrogens with one attached hydrogen (secondary N) is 1. The van der Waals surface area contributed by atoms with E-state index in [9.17, 15) is 0 Å². The number of fused-ring (bicyclic) bond motifs is 1. The van der Waals surface area contributed by atoms with Crippen molar-refractivity contribution in [2.45, 2.75) is 97.7 Å². The van der Waals surface area contributed by atoms with Crippen LogP contribution in [-0.4, -0.2) is 17.4 Å². The third-order valence-electron chi connectivity index (χ3n) is 5.90. The van der Waals surface area contributed by atoms with Crippen LogP contribution in [0.2, 0.25) is 0 Å². The maximum atomic E-state index is 6.31. The predicted molar refractivity (Wildman–Crippen MR) is 119 cm³/mol. The summed E-state index contributed by atoms with van der Waals surface area (Å²) in [5.41, 5.74) is 9.99. The van der Waals surface area contributed by atoms with Crippen molar-refractivity contribution in [1.29, 1.82) is 0 Å². The molecule has 2 atom stereocenters. The molecule has 3 rings (SSSR count). The molecule has 3 nitrogen and oxygen atoms in total. The van der Waals surface area contributed by atoms with Crippen molar-refractivity contribution >= 4 is 5.71 Å². The highest BCUT2D eigenvalue weighted by Crippen LogP contribution is 2.36. The molecule has 1 N–H and O–H groups in total. The van der Waals surface area contributed by atoms with E-state index >= 15 is 0 Å². The van der Waals surface area contributed by atoms with Crippen molar-refractivity contribution in [3.05, 3.63) is 46.7 Å². The minimum absolute atomic E-state index is 0.0705. The fourth-order valence-electron chi connectivity index (χ4n) is 4.43. The second kappa shape index (κ2) is 8.02. The molecule has 154 valence electrons. The number of rotatable bonds is 2.